The molecule has 120 valence electrons. The Morgan fingerprint density at radius 1 is 1.26 bits per heavy atom. The van der Waals surface area contributed by atoms with E-state index in [1.165, 1.54) is 27.4 Å². The van der Waals surface area contributed by atoms with E-state index in [1.54, 1.807) is 11.8 Å². The first-order valence-electron chi connectivity index (χ1n) is 8.20. The van der Waals surface area contributed by atoms with E-state index in [1.807, 2.05) is 7.05 Å². The molecule has 4 nitrogen and oxygen atoms in total. The minimum absolute atomic E-state index is 0.132. The molecule has 3 aromatic rings. The molecule has 0 atom stereocenters. The highest BCUT2D eigenvalue weighted by molar-refractivity contribution is 6.09. The summed E-state index contributed by atoms with van der Waals surface area (Å²) in [5, 5.41) is 2.62. The van der Waals surface area contributed by atoms with Crippen LogP contribution in [0.25, 0.3) is 21.8 Å². The van der Waals surface area contributed by atoms with E-state index in [-0.39, 0.29) is 5.91 Å². The predicted octanol–water partition coefficient (Wildman–Crippen LogP) is 3.24. The first kappa shape index (κ1) is 15.5. The number of nitrogens with one attached hydrogen (secondary N) is 2. The van der Waals surface area contributed by atoms with Crippen LogP contribution in [0, 0.1) is 6.92 Å². The topological polar surface area (TPSA) is 50.2 Å². The Hall–Kier alpha value is -2.36. The SMILES string of the molecule is CC(=O)N(C)CCCCc1c[nH+]c(C)c2[nH]c3ccccc3c12. The molecule has 0 fully saturated rings. The minimum Gasteiger partial charge on any atom is -0.349 e. The van der Waals surface area contributed by atoms with Gasteiger partial charge >= 0.3 is 0 Å². The Morgan fingerprint density at radius 2 is 2.04 bits per heavy atom. The van der Waals surface area contributed by atoms with E-state index in [0.29, 0.717) is 0 Å². The van der Waals surface area contributed by atoms with Crippen molar-refractivity contribution in [3.05, 3.63) is 41.7 Å². The number of rotatable bonds is 5. The highest BCUT2D eigenvalue weighted by atomic mass is 16.2. The summed E-state index contributed by atoms with van der Waals surface area (Å²) in [7, 11) is 1.86. The van der Waals surface area contributed by atoms with E-state index < -0.39 is 0 Å². The lowest BCUT2D eigenvalue weighted by atomic mass is 10.0. The van der Waals surface area contributed by atoms with Crippen LogP contribution in [0.5, 0.6) is 0 Å². The summed E-state index contributed by atoms with van der Waals surface area (Å²) in [6.45, 7) is 4.54. The summed E-state index contributed by atoms with van der Waals surface area (Å²) in [6, 6.07) is 8.46. The zero-order valence-electron chi connectivity index (χ0n) is 14.1. The van der Waals surface area contributed by atoms with E-state index >= 15 is 0 Å². The van der Waals surface area contributed by atoms with Crippen molar-refractivity contribution in [3.63, 3.8) is 0 Å². The predicted molar refractivity (Wildman–Crippen MR) is 93.3 cm³/mol. The van der Waals surface area contributed by atoms with E-state index in [2.05, 4.69) is 47.4 Å². The van der Waals surface area contributed by atoms with Crippen LogP contribution in [0.4, 0.5) is 0 Å². The third-order valence-corrected chi connectivity index (χ3v) is 4.59. The standard InChI is InChI=1S/C19H23N3O/c1-13-19-18(16-9-4-5-10-17(16)21-19)15(12-20-13)8-6-7-11-22(3)14(2)23/h4-5,9-10,12,21H,6-8,11H2,1-3H3/p+1. The zero-order chi connectivity index (χ0) is 16.4. The van der Waals surface area contributed by atoms with Gasteiger partial charge in [0.2, 0.25) is 11.6 Å². The number of H-pyrrole nitrogens is 2. The van der Waals surface area contributed by atoms with Crippen molar-refractivity contribution < 1.29 is 9.78 Å². The lowest BCUT2D eigenvalue weighted by Gasteiger charge is -2.14. The molecule has 0 saturated heterocycles. The average Bonchev–Trinajstić information content (AvgIpc) is 2.93. The largest absolute Gasteiger partial charge is 0.349 e. The zero-order valence-corrected chi connectivity index (χ0v) is 14.1. The van der Waals surface area contributed by atoms with E-state index in [0.717, 1.165) is 31.5 Å². The lowest BCUT2D eigenvalue weighted by Crippen LogP contribution is -2.24. The second-order valence-corrected chi connectivity index (χ2v) is 6.26. The summed E-state index contributed by atoms with van der Waals surface area (Å²) in [4.78, 5) is 19.9. The van der Waals surface area contributed by atoms with Crippen LogP contribution in [0.2, 0.25) is 0 Å². The molecule has 0 aliphatic rings. The molecule has 23 heavy (non-hydrogen) atoms. The van der Waals surface area contributed by atoms with Crippen molar-refractivity contribution >= 4 is 27.7 Å². The maximum absolute atomic E-state index is 11.2. The van der Waals surface area contributed by atoms with Crippen LogP contribution in [-0.4, -0.2) is 29.4 Å². The monoisotopic (exact) mass is 310 g/mol. The molecular weight excluding hydrogens is 286 g/mol. The Bertz CT molecular complexity index is 850. The number of aryl methyl sites for hydroxylation is 2. The number of hydrogen-bond acceptors (Lipinski definition) is 1. The molecule has 1 amide bonds. The third-order valence-electron chi connectivity index (χ3n) is 4.59. The quantitative estimate of drug-likeness (QED) is 0.723. The Kier molecular flexibility index (Phi) is 4.33. The number of carbonyl (C=O) groups is 1. The van der Waals surface area contributed by atoms with Crippen LogP contribution in [0.15, 0.2) is 30.5 Å². The number of hydrogen-bond donors (Lipinski definition) is 1. The van der Waals surface area contributed by atoms with Gasteiger partial charge in [-0.15, -0.1) is 0 Å². The van der Waals surface area contributed by atoms with Gasteiger partial charge < -0.3 is 9.88 Å². The summed E-state index contributed by atoms with van der Waals surface area (Å²) in [5.41, 5.74) is 4.89. The van der Waals surface area contributed by atoms with Gasteiger partial charge in [0, 0.05) is 49.3 Å². The van der Waals surface area contributed by atoms with Crippen LogP contribution in [0.3, 0.4) is 0 Å². The first-order valence-corrected chi connectivity index (χ1v) is 8.20. The number of benzene rings is 1. The van der Waals surface area contributed by atoms with Gasteiger partial charge in [0.05, 0.1) is 0 Å². The second-order valence-electron chi connectivity index (χ2n) is 6.26. The van der Waals surface area contributed by atoms with Crippen LogP contribution in [-0.2, 0) is 11.2 Å². The summed E-state index contributed by atoms with van der Waals surface area (Å²) < 4.78 is 0. The van der Waals surface area contributed by atoms with Crippen molar-refractivity contribution in [2.24, 2.45) is 0 Å². The Morgan fingerprint density at radius 3 is 2.83 bits per heavy atom. The number of unbranched alkanes of at least 4 members (excludes halogenated alkanes) is 1. The molecule has 0 spiro atoms. The molecule has 4 heteroatoms. The van der Waals surface area contributed by atoms with Gasteiger partial charge in [-0.1, -0.05) is 18.2 Å². The second kappa shape index (κ2) is 6.41. The Balaban J connectivity index is 1.84. The van der Waals surface area contributed by atoms with Gasteiger partial charge in [-0.2, -0.15) is 0 Å². The molecule has 2 aromatic heterocycles. The Labute approximate surface area is 136 Å². The number of carbonyl (C=O) groups excluding carboxylic acids is 1. The van der Waals surface area contributed by atoms with Crippen LogP contribution >= 0.6 is 0 Å². The molecular formula is C19H24N3O+. The van der Waals surface area contributed by atoms with Crippen molar-refractivity contribution in [2.45, 2.75) is 33.1 Å². The van der Waals surface area contributed by atoms with Gasteiger partial charge in [-0.3, -0.25) is 4.79 Å². The van der Waals surface area contributed by atoms with Crippen molar-refractivity contribution in [2.75, 3.05) is 13.6 Å². The number of fused-ring (bicyclic) bond motifs is 3. The maximum Gasteiger partial charge on any atom is 0.219 e. The molecule has 0 bridgehead atoms. The number of aromatic amines is 2. The van der Waals surface area contributed by atoms with Crippen molar-refractivity contribution in [1.29, 1.82) is 0 Å². The fraction of sp³-hybridized carbons (Fsp3) is 0.368. The highest BCUT2D eigenvalue weighted by Gasteiger charge is 2.15. The number of aromatic nitrogens is 2. The van der Waals surface area contributed by atoms with E-state index in [4.69, 9.17) is 0 Å². The van der Waals surface area contributed by atoms with Crippen molar-refractivity contribution in [1.82, 2.24) is 9.88 Å². The molecule has 0 unspecified atom stereocenters. The third kappa shape index (κ3) is 3.07. The fourth-order valence-corrected chi connectivity index (χ4v) is 3.12. The molecule has 3 rings (SSSR count). The molecule has 0 saturated carbocycles. The molecule has 0 aliphatic heterocycles. The van der Waals surface area contributed by atoms with Gasteiger partial charge in [0.15, 0.2) is 6.20 Å². The normalized spacial score (nSPS) is 11.3. The average molecular weight is 310 g/mol. The fourth-order valence-electron chi connectivity index (χ4n) is 3.12. The van der Waals surface area contributed by atoms with Gasteiger partial charge in [0.1, 0.15) is 5.52 Å². The minimum atomic E-state index is 0.132. The van der Waals surface area contributed by atoms with Crippen LogP contribution in [0.1, 0.15) is 31.0 Å². The lowest BCUT2D eigenvalue weighted by molar-refractivity contribution is -0.386. The number of pyridine rings is 1. The molecule has 0 aliphatic carbocycles. The van der Waals surface area contributed by atoms with Crippen molar-refractivity contribution in [3.8, 4) is 0 Å². The summed E-state index contributed by atoms with van der Waals surface area (Å²) in [5.74, 6) is 0.132. The highest BCUT2D eigenvalue weighted by Crippen LogP contribution is 2.29. The summed E-state index contributed by atoms with van der Waals surface area (Å²) in [6.07, 6.45) is 5.24. The van der Waals surface area contributed by atoms with Gasteiger partial charge in [-0.05, 0) is 25.3 Å². The molecule has 2 heterocycles. The number of nitrogens with zero attached hydrogens (tertiary/aromatic N) is 1. The maximum atomic E-state index is 11.2. The molecule has 0 radical (unpaired) electrons. The van der Waals surface area contributed by atoms with Gasteiger partial charge in [0.25, 0.3) is 0 Å². The van der Waals surface area contributed by atoms with Gasteiger partial charge in [-0.25, -0.2) is 4.98 Å². The first-order chi connectivity index (χ1) is 11.1. The molecule has 2 N–H and O–H groups in total. The number of para-hydroxylation sites is 1. The summed E-state index contributed by atoms with van der Waals surface area (Å²) >= 11 is 0. The number of amides is 1. The smallest absolute Gasteiger partial charge is 0.219 e. The molecule has 1 aromatic carbocycles. The van der Waals surface area contributed by atoms with E-state index in [9.17, 15) is 4.79 Å². The van der Waals surface area contributed by atoms with Crippen LogP contribution < -0.4 is 4.98 Å².